The molecule has 3 heteroatoms. The lowest BCUT2D eigenvalue weighted by Gasteiger charge is -2.37. The van der Waals surface area contributed by atoms with Gasteiger partial charge in [0, 0.05) is 17.1 Å². The Morgan fingerprint density at radius 3 is 2.75 bits per heavy atom. The SMILES string of the molecule is CC1(N)C=C2CC(N)C(N)(C2)C1. The first-order valence-corrected chi connectivity index (χ1v) is 4.45. The number of hydrogen-bond acceptors (Lipinski definition) is 3. The Hall–Kier alpha value is -0.380. The zero-order valence-electron chi connectivity index (χ0n) is 7.51. The quantitative estimate of drug-likeness (QED) is 0.439. The monoisotopic (exact) mass is 167 g/mol. The summed E-state index contributed by atoms with van der Waals surface area (Å²) < 4.78 is 0. The van der Waals surface area contributed by atoms with E-state index in [1.54, 1.807) is 0 Å². The summed E-state index contributed by atoms with van der Waals surface area (Å²) in [6.45, 7) is 2.02. The average Bonchev–Trinajstić information content (AvgIpc) is 1.99. The van der Waals surface area contributed by atoms with Gasteiger partial charge in [-0.3, -0.25) is 0 Å². The standard InChI is InChI=1S/C9H17N3/c1-8(11)3-6-2-7(10)9(12,4-6)5-8/h3,7H,2,4-5,10-12H2,1H3. The van der Waals surface area contributed by atoms with Gasteiger partial charge in [0.05, 0.1) is 0 Å². The highest BCUT2D eigenvalue weighted by atomic mass is 14.9. The van der Waals surface area contributed by atoms with Gasteiger partial charge in [-0.2, -0.15) is 0 Å². The van der Waals surface area contributed by atoms with Crippen molar-refractivity contribution in [1.29, 1.82) is 0 Å². The van der Waals surface area contributed by atoms with Crippen LogP contribution < -0.4 is 17.2 Å². The fourth-order valence-electron chi connectivity index (χ4n) is 2.64. The van der Waals surface area contributed by atoms with E-state index < -0.39 is 0 Å². The first kappa shape index (κ1) is 8.23. The van der Waals surface area contributed by atoms with Crippen LogP contribution in [-0.2, 0) is 0 Å². The van der Waals surface area contributed by atoms with Crippen LogP contribution in [0.15, 0.2) is 11.6 Å². The second kappa shape index (κ2) is 2.10. The molecule has 3 nitrogen and oxygen atoms in total. The van der Waals surface area contributed by atoms with Gasteiger partial charge in [0.2, 0.25) is 0 Å². The van der Waals surface area contributed by atoms with Crippen LogP contribution in [0, 0.1) is 0 Å². The molecule has 2 aliphatic rings. The Morgan fingerprint density at radius 2 is 2.17 bits per heavy atom. The van der Waals surface area contributed by atoms with Gasteiger partial charge < -0.3 is 17.2 Å². The van der Waals surface area contributed by atoms with E-state index in [9.17, 15) is 0 Å². The normalized spacial score (nSPS) is 52.3. The first-order chi connectivity index (χ1) is 5.41. The third-order valence-corrected chi connectivity index (χ3v) is 3.02. The summed E-state index contributed by atoms with van der Waals surface area (Å²) in [4.78, 5) is 0. The highest BCUT2D eigenvalue weighted by molar-refractivity contribution is 5.31. The second-order valence-electron chi connectivity index (χ2n) is 4.71. The molecule has 3 atom stereocenters. The van der Waals surface area contributed by atoms with E-state index in [-0.39, 0.29) is 17.1 Å². The molecule has 0 heterocycles. The van der Waals surface area contributed by atoms with Crippen molar-refractivity contribution in [1.82, 2.24) is 0 Å². The van der Waals surface area contributed by atoms with Crippen LogP contribution in [0.5, 0.6) is 0 Å². The fraction of sp³-hybridized carbons (Fsp3) is 0.778. The van der Waals surface area contributed by atoms with E-state index in [0.29, 0.717) is 0 Å². The van der Waals surface area contributed by atoms with Crippen LogP contribution in [0.1, 0.15) is 26.2 Å². The van der Waals surface area contributed by atoms with Gasteiger partial charge in [0.1, 0.15) is 0 Å². The van der Waals surface area contributed by atoms with E-state index in [4.69, 9.17) is 17.2 Å². The maximum Gasteiger partial charge on any atom is 0.0369 e. The molecule has 3 unspecified atom stereocenters. The minimum Gasteiger partial charge on any atom is -0.326 e. The number of rotatable bonds is 0. The lowest BCUT2D eigenvalue weighted by molar-refractivity contribution is 0.300. The van der Waals surface area contributed by atoms with Gasteiger partial charge >= 0.3 is 0 Å². The molecule has 0 amide bonds. The maximum absolute atomic E-state index is 6.17. The van der Waals surface area contributed by atoms with Crippen LogP contribution in [-0.4, -0.2) is 17.1 Å². The topological polar surface area (TPSA) is 78.1 Å². The zero-order chi connectivity index (χ0) is 8.98. The number of hydrogen-bond donors (Lipinski definition) is 3. The van der Waals surface area contributed by atoms with Crippen molar-refractivity contribution in [2.24, 2.45) is 17.2 Å². The van der Waals surface area contributed by atoms with Crippen molar-refractivity contribution < 1.29 is 0 Å². The summed E-state index contributed by atoms with van der Waals surface area (Å²) in [5.41, 5.74) is 19.0. The Bertz CT molecular complexity index is 244. The summed E-state index contributed by atoms with van der Waals surface area (Å²) >= 11 is 0. The van der Waals surface area contributed by atoms with Crippen molar-refractivity contribution in [3.63, 3.8) is 0 Å². The van der Waals surface area contributed by atoms with Crippen LogP contribution in [0.25, 0.3) is 0 Å². The molecule has 0 spiro atoms. The van der Waals surface area contributed by atoms with Crippen LogP contribution in [0.4, 0.5) is 0 Å². The highest BCUT2D eigenvalue weighted by Gasteiger charge is 2.46. The van der Waals surface area contributed by atoms with Crippen LogP contribution >= 0.6 is 0 Å². The summed E-state index contributed by atoms with van der Waals surface area (Å²) in [6, 6.07) is 0.106. The predicted molar refractivity (Wildman–Crippen MR) is 49.4 cm³/mol. The minimum atomic E-state index is -0.240. The van der Waals surface area contributed by atoms with E-state index in [1.807, 2.05) is 6.92 Å². The van der Waals surface area contributed by atoms with Gasteiger partial charge in [-0.25, -0.2) is 0 Å². The molecule has 2 aliphatic carbocycles. The molecule has 2 rings (SSSR count). The number of fused-ring (bicyclic) bond motifs is 2. The molecule has 0 aromatic heterocycles. The Labute approximate surface area is 73.0 Å². The fourth-order valence-corrected chi connectivity index (χ4v) is 2.64. The molecule has 12 heavy (non-hydrogen) atoms. The molecule has 0 aliphatic heterocycles. The van der Waals surface area contributed by atoms with Gasteiger partial charge in [0.25, 0.3) is 0 Å². The van der Waals surface area contributed by atoms with Gasteiger partial charge in [-0.05, 0) is 26.2 Å². The van der Waals surface area contributed by atoms with Gasteiger partial charge in [-0.1, -0.05) is 11.6 Å². The lowest BCUT2D eigenvalue weighted by Crippen LogP contribution is -2.57. The average molecular weight is 167 g/mol. The largest absolute Gasteiger partial charge is 0.326 e. The molecule has 0 aromatic carbocycles. The van der Waals surface area contributed by atoms with Gasteiger partial charge in [-0.15, -0.1) is 0 Å². The Kier molecular flexibility index (Phi) is 1.44. The molecular formula is C9H17N3. The lowest BCUT2D eigenvalue weighted by atomic mass is 9.77. The summed E-state index contributed by atoms with van der Waals surface area (Å²) in [5, 5.41) is 0. The van der Waals surface area contributed by atoms with E-state index in [1.165, 1.54) is 5.57 Å². The Balaban J connectivity index is 2.37. The molecule has 6 N–H and O–H groups in total. The molecule has 0 radical (unpaired) electrons. The van der Waals surface area contributed by atoms with Crippen molar-refractivity contribution >= 4 is 0 Å². The molecule has 1 fully saturated rings. The van der Waals surface area contributed by atoms with E-state index in [0.717, 1.165) is 19.3 Å². The van der Waals surface area contributed by atoms with Crippen LogP contribution in [0.2, 0.25) is 0 Å². The smallest absolute Gasteiger partial charge is 0.0369 e. The van der Waals surface area contributed by atoms with Crippen molar-refractivity contribution in [3.05, 3.63) is 11.6 Å². The zero-order valence-corrected chi connectivity index (χ0v) is 7.51. The van der Waals surface area contributed by atoms with Crippen molar-refractivity contribution in [2.45, 2.75) is 43.3 Å². The molecule has 1 saturated carbocycles. The predicted octanol–water partition coefficient (Wildman–Crippen LogP) is -0.147. The van der Waals surface area contributed by atoms with Gasteiger partial charge in [0.15, 0.2) is 0 Å². The summed E-state index contributed by atoms with van der Waals surface area (Å²) in [7, 11) is 0. The molecular weight excluding hydrogens is 150 g/mol. The third kappa shape index (κ3) is 1.09. The second-order valence-corrected chi connectivity index (χ2v) is 4.71. The number of nitrogens with two attached hydrogens (primary N) is 3. The first-order valence-electron chi connectivity index (χ1n) is 4.45. The molecule has 0 aromatic rings. The van der Waals surface area contributed by atoms with E-state index >= 15 is 0 Å². The molecule has 68 valence electrons. The van der Waals surface area contributed by atoms with E-state index in [2.05, 4.69) is 6.08 Å². The molecule has 0 saturated heterocycles. The highest BCUT2D eigenvalue weighted by Crippen LogP contribution is 2.41. The molecule has 2 bridgehead atoms. The third-order valence-electron chi connectivity index (χ3n) is 3.02. The summed E-state index contributed by atoms with van der Waals surface area (Å²) in [5.74, 6) is 0. The maximum atomic E-state index is 6.17. The van der Waals surface area contributed by atoms with Crippen molar-refractivity contribution in [3.8, 4) is 0 Å². The minimum absolute atomic E-state index is 0.106. The summed E-state index contributed by atoms with van der Waals surface area (Å²) in [6.07, 6.45) is 4.83. The van der Waals surface area contributed by atoms with Crippen LogP contribution in [0.3, 0.4) is 0 Å². The Morgan fingerprint density at radius 1 is 1.50 bits per heavy atom. The van der Waals surface area contributed by atoms with Crippen molar-refractivity contribution in [2.75, 3.05) is 0 Å².